The Morgan fingerprint density at radius 1 is 1.46 bits per heavy atom. The zero-order chi connectivity index (χ0) is 10.1. The Morgan fingerprint density at radius 3 is 2.69 bits per heavy atom. The third-order valence-electron chi connectivity index (χ3n) is 1.11. The molecule has 4 nitrogen and oxygen atoms in total. The van der Waals surface area contributed by atoms with Crippen LogP contribution >= 0.6 is 0 Å². The van der Waals surface area contributed by atoms with Crippen molar-refractivity contribution in [2.75, 3.05) is 0 Å². The number of hydrogen-bond acceptors (Lipinski definition) is 3. The maximum absolute atomic E-state index is 6.90. The van der Waals surface area contributed by atoms with Crippen molar-refractivity contribution < 1.29 is 0 Å². The van der Waals surface area contributed by atoms with Gasteiger partial charge in [-0.25, -0.2) is 9.98 Å². The van der Waals surface area contributed by atoms with Crippen LogP contribution in [-0.4, -0.2) is 17.5 Å². The van der Waals surface area contributed by atoms with Crippen molar-refractivity contribution in [3.05, 3.63) is 23.9 Å². The average Bonchev–Trinajstić information content (AvgIpc) is 2.22. The van der Waals surface area contributed by atoms with E-state index in [-0.39, 0.29) is 0 Å². The smallest absolute Gasteiger partial charge is 0.154 e. The number of nitrogens with one attached hydrogen (secondary N) is 1. The topological polar surface area (TPSA) is 75.1 Å². The molecule has 4 heteroatoms. The van der Waals surface area contributed by atoms with Gasteiger partial charge in [0.25, 0.3) is 0 Å². The van der Waals surface area contributed by atoms with Crippen LogP contribution in [0.4, 0.5) is 5.82 Å². The van der Waals surface area contributed by atoms with Gasteiger partial charge >= 0.3 is 0 Å². The summed E-state index contributed by atoms with van der Waals surface area (Å²) < 4.78 is 0. The second-order valence-corrected chi connectivity index (χ2v) is 1.84. The molecule has 13 heavy (non-hydrogen) atoms. The fraction of sp³-hybridized carbons (Fsp3) is 0.222. The minimum atomic E-state index is 0.522. The van der Waals surface area contributed by atoms with Gasteiger partial charge in [-0.2, -0.15) is 0 Å². The zero-order valence-corrected chi connectivity index (χ0v) is 7.86. The number of pyridine rings is 1. The van der Waals surface area contributed by atoms with Crippen molar-refractivity contribution in [2.45, 2.75) is 13.8 Å². The Bertz CT molecular complexity index is 281. The molecular weight excluding hydrogens is 164 g/mol. The van der Waals surface area contributed by atoms with E-state index in [1.165, 1.54) is 6.34 Å². The van der Waals surface area contributed by atoms with Crippen molar-refractivity contribution in [3.8, 4) is 0 Å². The lowest BCUT2D eigenvalue weighted by Crippen LogP contribution is -1.89. The molecule has 1 rings (SSSR count). The van der Waals surface area contributed by atoms with Gasteiger partial charge in [0, 0.05) is 6.21 Å². The van der Waals surface area contributed by atoms with E-state index in [4.69, 9.17) is 11.1 Å². The zero-order valence-electron chi connectivity index (χ0n) is 7.86. The van der Waals surface area contributed by atoms with Gasteiger partial charge < -0.3 is 11.1 Å². The van der Waals surface area contributed by atoms with Gasteiger partial charge in [-0.3, -0.25) is 0 Å². The Hall–Kier alpha value is -1.71. The number of hydrogen-bond donors (Lipinski definition) is 2. The average molecular weight is 178 g/mol. The summed E-state index contributed by atoms with van der Waals surface area (Å²) >= 11 is 0. The minimum Gasteiger partial charge on any atom is -0.390 e. The van der Waals surface area contributed by atoms with Crippen LogP contribution in [0.3, 0.4) is 0 Å². The van der Waals surface area contributed by atoms with Crippen LogP contribution in [0.15, 0.2) is 23.2 Å². The first-order chi connectivity index (χ1) is 6.36. The van der Waals surface area contributed by atoms with Gasteiger partial charge in [0.15, 0.2) is 5.82 Å². The summed E-state index contributed by atoms with van der Waals surface area (Å²) in [6.07, 6.45) is 2.34. The molecular formula is C9H14N4. The molecule has 0 unspecified atom stereocenters. The number of aromatic nitrogens is 1. The fourth-order valence-electron chi connectivity index (χ4n) is 0.668. The van der Waals surface area contributed by atoms with Gasteiger partial charge in [-0.15, -0.1) is 0 Å². The molecule has 1 aromatic heterocycles. The molecule has 0 aliphatic carbocycles. The summed E-state index contributed by atoms with van der Waals surface area (Å²) in [6, 6.07) is 5.22. The van der Waals surface area contributed by atoms with Crippen LogP contribution in [0.25, 0.3) is 0 Å². The summed E-state index contributed by atoms with van der Waals surface area (Å²) in [5, 5.41) is 6.90. The Kier molecular flexibility index (Phi) is 6.05. The predicted molar refractivity (Wildman–Crippen MR) is 55.8 cm³/mol. The summed E-state index contributed by atoms with van der Waals surface area (Å²) in [5.41, 5.74) is 5.64. The molecule has 0 amide bonds. The second-order valence-electron chi connectivity index (χ2n) is 1.84. The van der Waals surface area contributed by atoms with Crippen LogP contribution in [-0.2, 0) is 0 Å². The number of nitrogens with zero attached hydrogens (tertiary/aromatic N) is 2. The van der Waals surface area contributed by atoms with E-state index < -0.39 is 0 Å². The van der Waals surface area contributed by atoms with Gasteiger partial charge in [-0.05, 0) is 12.1 Å². The summed E-state index contributed by atoms with van der Waals surface area (Å²) in [5.74, 6) is 0.522. The molecule has 0 saturated heterocycles. The third kappa shape index (κ3) is 4.00. The molecule has 0 aliphatic rings. The Labute approximate surface area is 78.0 Å². The van der Waals surface area contributed by atoms with Crippen molar-refractivity contribution in [2.24, 2.45) is 10.7 Å². The SMILES string of the molecule is CC.N=Cc1cccc(N=CN)n1. The van der Waals surface area contributed by atoms with E-state index in [0.717, 1.165) is 6.21 Å². The predicted octanol–water partition coefficient (Wildman–Crippen LogP) is 1.72. The standard InChI is InChI=1S/C7H8N4.C2H6/c8-4-6-2-1-3-7(11-6)10-5-9;1-2/h1-5,8H,(H2,9,10,11);1-2H3. The van der Waals surface area contributed by atoms with Crippen LogP contribution in [0, 0.1) is 5.41 Å². The van der Waals surface area contributed by atoms with E-state index in [1.807, 2.05) is 13.8 Å². The molecule has 1 heterocycles. The first-order valence-corrected chi connectivity index (χ1v) is 4.08. The first-order valence-electron chi connectivity index (χ1n) is 4.08. The summed E-state index contributed by atoms with van der Waals surface area (Å²) in [6.45, 7) is 4.00. The summed E-state index contributed by atoms with van der Waals surface area (Å²) in [7, 11) is 0. The lowest BCUT2D eigenvalue weighted by Gasteiger charge is -1.92. The molecule has 0 aliphatic heterocycles. The number of aliphatic imine (C=N–C) groups is 1. The first kappa shape index (κ1) is 11.3. The van der Waals surface area contributed by atoms with Crippen molar-refractivity contribution >= 4 is 18.4 Å². The van der Waals surface area contributed by atoms with E-state index >= 15 is 0 Å². The highest BCUT2D eigenvalue weighted by molar-refractivity contribution is 5.74. The molecule has 1 aromatic rings. The molecule has 0 saturated carbocycles. The van der Waals surface area contributed by atoms with Gasteiger partial charge in [0.05, 0.1) is 12.0 Å². The molecule has 3 N–H and O–H groups in total. The molecule has 0 radical (unpaired) electrons. The van der Waals surface area contributed by atoms with Gasteiger partial charge in [0.2, 0.25) is 0 Å². The fourth-order valence-corrected chi connectivity index (χ4v) is 0.668. The number of rotatable bonds is 2. The molecule has 0 spiro atoms. The Balaban J connectivity index is 0.000000671. The van der Waals surface area contributed by atoms with Crippen LogP contribution in [0.1, 0.15) is 19.5 Å². The lowest BCUT2D eigenvalue weighted by molar-refractivity contribution is 1.25. The van der Waals surface area contributed by atoms with E-state index in [9.17, 15) is 0 Å². The highest BCUT2D eigenvalue weighted by Gasteiger charge is 1.89. The monoisotopic (exact) mass is 178 g/mol. The van der Waals surface area contributed by atoms with Crippen LogP contribution < -0.4 is 5.73 Å². The molecule has 0 aromatic carbocycles. The highest BCUT2D eigenvalue weighted by atomic mass is 14.9. The third-order valence-corrected chi connectivity index (χ3v) is 1.11. The van der Waals surface area contributed by atoms with Gasteiger partial charge in [0.1, 0.15) is 0 Å². The van der Waals surface area contributed by atoms with Crippen molar-refractivity contribution in [1.29, 1.82) is 5.41 Å². The lowest BCUT2D eigenvalue weighted by atomic mass is 10.4. The normalized spacial score (nSPS) is 9.08. The van der Waals surface area contributed by atoms with E-state index in [0.29, 0.717) is 11.5 Å². The molecule has 70 valence electrons. The van der Waals surface area contributed by atoms with Crippen molar-refractivity contribution in [1.82, 2.24) is 4.98 Å². The summed E-state index contributed by atoms with van der Waals surface area (Å²) in [4.78, 5) is 7.71. The van der Waals surface area contributed by atoms with Gasteiger partial charge in [-0.1, -0.05) is 19.9 Å². The van der Waals surface area contributed by atoms with Crippen molar-refractivity contribution in [3.63, 3.8) is 0 Å². The minimum absolute atomic E-state index is 0.522. The van der Waals surface area contributed by atoms with E-state index in [2.05, 4.69) is 9.98 Å². The maximum atomic E-state index is 6.90. The van der Waals surface area contributed by atoms with E-state index in [1.54, 1.807) is 18.2 Å². The molecule has 0 atom stereocenters. The molecule has 0 bridgehead atoms. The van der Waals surface area contributed by atoms with Crippen LogP contribution in [0.2, 0.25) is 0 Å². The maximum Gasteiger partial charge on any atom is 0.154 e. The Morgan fingerprint density at radius 2 is 2.15 bits per heavy atom. The number of nitrogens with two attached hydrogens (primary N) is 1. The highest BCUT2D eigenvalue weighted by Crippen LogP contribution is 2.05. The van der Waals surface area contributed by atoms with Crippen LogP contribution in [0.5, 0.6) is 0 Å². The second kappa shape index (κ2) is 6.97. The largest absolute Gasteiger partial charge is 0.390 e. The molecule has 0 fully saturated rings. The quantitative estimate of drug-likeness (QED) is 0.534.